The molecular weight excluding hydrogens is 168 g/mol. The number of hydrogen-bond donors (Lipinski definition) is 0. The summed E-state index contributed by atoms with van der Waals surface area (Å²) in [5.74, 6) is 0.638. The van der Waals surface area contributed by atoms with Crippen molar-refractivity contribution < 1.29 is 4.79 Å². The summed E-state index contributed by atoms with van der Waals surface area (Å²) in [6.45, 7) is 0. The lowest BCUT2D eigenvalue weighted by Crippen LogP contribution is -2.37. The van der Waals surface area contributed by atoms with Crippen LogP contribution in [-0.2, 0) is 0 Å². The molecular formula is C8H18N4O. The van der Waals surface area contributed by atoms with E-state index in [1.807, 2.05) is 28.2 Å². The van der Waals surface area contributed by atoms with Gasteiger partial charge in [0.25, 0.3) is 0 Å². The number of aliphatic imine (C=N–C) groups is 1. The first-order valence-corrected chi connectivity index (χ1v) is 4.01. The Kier molecular flexibility index (Phi) is 4.23. The van der Waals surface area contributed by atoms with Crippen molar-refractivity contribution in [2.45, 2.75) is 0 Å². The zero-order valence-electron chi connectivity index (χ0n) is 9.20. The quantitative estimate of drug-likeness (QED) is 0.399. The third-order valence-corrected chi connectivity index (χ3v) is 1.38. The van der Waals surface area contributed by atoms with Gasteiger partial charge in [0, 0.05) is 42.3 Å². The van der Waals surface area contributed by atoms with Crippen LogP contribution in [0, 0.1) is 0 Å². The lowest BCUT2D eigenvalue weighted by molar-refractivity contribution is 0.226. The molecule has 0 atom stereocenters. The Morgan fingerprint density at radius 1 is 0.846 bits per heavy atom. The molecule has 5 heteroatoms. The molecule has 0 bridgehead atoms. The molecule has 0 aromatic carbocycles. The van der Waals surface area contributed by atoms with Crippen molar-refractivity contribution in [2.75, 3.05) is 42.3 Å². The Hall–Kier alpha value is -1.26. The second-order valence-electron chi connectivity index (χ2n) is 3.38. The molecule has 0 N–H and O–H groups in total. The fourth-order valence-corrected chi connectivity index (χ4v) is 0.786. The Morgan fingerprint density at radius 2 is 1.23 bits per heavy atom. The summed E-state index contributed by atoms with van der Waals surface area (Å²) in [6, 6.07) is -0.252. The molecule has 0 aliphatic rings. The number of carbonyl (C=O) groups excluding carboxylic acids is 1. The van der Waals surface area contributed by atoms with E-state index in [-0.39, 0.29) is 6.03 Å². The lowest BCUT2D eigenvalue weighted by atomic mass is 10.7. The Balaban J connectivity index is 4.64. The van der Waals surface area contributed by atoms with Gasteiger partial charge < -0.3 is 14.7 Å². The summed E-state index contributed by atoms with van der Waals surface area (Å²) < 4.78 is 0. The molecule has 0 fully saturated rings. The van der Waals surface area contributed by atoms with E-state index in [2.05, 4.69) is 4.99 Å². The smallest absolute Gasteiger partial charge is 0.346 e. The first kappa shape index (κ1) is 11.7. The van der Waals surface area contributed by atoms with E-state index in [9.17, 15) is 4.79 Å². The fraction of sp³-hybridized carbons (Fsp3) is 0.750. The van der Waals surface area contributed by atoms with Crippen LogP contribution in [-0.4, -0.2) is 69.0 Å². The van der Waals surface area contributed by atoms with E-state index in [0.717, 1.165) is 0 Å². The maximum absolute atomic E-state index is 11.2. The highest BCUT2D eigenvalue weighted by atomic mass is 16.2. The van der Waals surface area contributed by atoms with Crippen LogP contribution in [0.4, 0.5) is 4.79 Å². The number of rotatable bonds is 0. The van der Waals surface area contributed by atoms with Gasteiger partial charge >= 0.3 is 6.03 Å². The van der Waals surface area contributed by atoms with Crippen molar-refractivity contribution in [3.63, 3.8) is 0 Å². The minimum atomic E-state index is -0.252. The van der Waals surface area contributed by atoms with Crippen LogP contribution in [0.3, 0.4) is 0 Å². The van der Waals surface area contributed by atoms with Gasteiger partial charge in [-0.25, -0.2) is 4.79 Å². The molecule has 0 radical (unpaired) electrons. The number of urea groups is 1. The van der Waals surface area contributed by atoms with Crippen LogP contribution < -0.4 is 0 Å². The van der Waals surface area contributed by atoms with E-state index in [4.69, 9.17) is 0 Å². The Bertz CT molecular complexity index is 198. The highest BCUT2D eigenvalue weighted by Gasteiger charge is 2.08. The van der Waals surface area contributed by atoms with E-state index in [1.165, 1.54) is 4.90 Å². The van der Waals surface area contributed by atoms with Crippen LogP contribution in [0.25, 0.3) is 0 Å². The highest BCUT2D eigenvalue weighted by Crippen LogP contribution is 1.92. The van der Waals surface area contributed by atoms with Crippen LogP contribution >= 0.6 is 0 Å². The summed E-state index contributed by atoms with van der Waals surface area (Å²) >= 11 is 0. The second-order valence-corrected chi connectivity index (χ2v) is 3.38. The third kappa shape index (κ3) is 3.78. The average Bonchev–Trinajstić information content (AvgIpc) is 1.97. The van der Waals surface area contributed by atoms with Gasteiger partial charge in [-0.1, -0.05) is 0 Å². The van der Waals surface area contributed by atoms with Gasteiger partial charge in [0.1, 0.15) is 0 Å². The highest BCUT2D eigenvalue weighted by molar-refractivity contribution is 5.91. The Labute approximate surface area is 79.6 Å². The summed E-state index contributed by atoms with van der Waals surface area (Å²) in [5.41, 5.74) is 0. The molecule has 0 aliphatic carbocycles. The maximum atomic E-state index is 11.2. The lowest BCUT2D eigenvalue weighted by Gasteiger charge is -2.22. The SMILES string of the molecule is CN(C)C(=O)N=C(N(C)C)N(C)C. The number of carbonyl (C=O) groups is 1. The molecule has 0 rings (SSSR count). The maximum Gasteiger partial charge on any atom is 0.346 e. The molecule has 0 aromatic rings. The fourth-order valence-electron chi connectivity index (χ4n) is 0.786. The van der Waals surface area contributed by atoms with Gasteiger partial charge in [-0.15, -0.1) is 0 Å². The molecule has 0 aliphatic heterocycles. The zero-order chi connectivity index (χ0) is 10.6. The topological polar surface area (TPSA) is 39.2 Å². The van der Waals surface area contributed by atoms with Gasteiger partial charge in [-0.05, 0) is 0 Å². The molecule has 0 spiro atoms. The van der Waals surface area contributed by atoms with Crippen LogP contribution in [0.1, 0.15) is 0 Å². The molecule has 2 amide bonds. The normalized spacial score (nSPS) is 9.08. The average molecular weight is 186 g/mol. The minimum Gasteiger partial charge on any atom is -0.349 e. The third-order valence-electron chi connectivity index (χ3n) is 1.38. The standard InChI is InChI=1S/C8H18N4O/c1-10(2)7(11(3)4)9-8(13)12(5)6/h1-6H3. The van der Waals surface area contributed by atoms with E-state index >= 15 is 0 Å². The van der Waals surface area contributed by atoms with E-state index in [1.54, 1.807) is 23.9 Å². The predicted octanol–water partition coefficient (Wildman–Crippen LogP) is 0.147. The summed E-state index contributed by atoms with van der Waals surface area (Å²) in [6.07, 6.45) is 0. The first-order chi connectivity index (χ1) is 5.86. The van der Waals surface area contributed by atoms with Crippen LogP contribution in [0.5, 0.6) is 0 Å². The Morgan fingerprint density at radius 3 is 1.46 bits per heavy atom. The molecule has 76 valence electrons. The van der Waals surface area contributed by atoms with Crippen LogP contribution in [0.2, 0.25) is 0 Å². The largest absolute Gasteiger partial charge is 0.349 e. The number of guanidine groups is 1. The summed E-state index contributed by atoms with van der Waals surface area (Å²) in [5, 5.41) is 0. The monoisotopic (exact) mass is 186 g/mol. The molecule has 5 nitrogen and oxygen atoms in total. The number of nitrogens with zero attached hydrogens (tertiary/aromatic N) is 4. The second kappa shape index (κ2) is 4.69. The number of hydrogen-bond acceptors (Lipinski definition) is 1. The molecule has 0 saturated carbocycles. The van der Waals surface area contributed by atoms with Crippen molar-refractivity contribution in [3.05, 3.63) is 0 Å². The van der Waals surface area contributed by atoms with Crippen molar-refractivity contribution in [1.29, 1.82) is 0 Å². The van der Waals surface area contributed by atoms with E-state index in [0.29, 0.717) is 5.96 Å². The minimum absolute atomic E-state index is 0.252. The molecule has 0 heterocycles. The van der Waals surface area contributed by atoms with Crippen molar-refractivity contribution in [3.8, 4) is 0 Å². The molecule has 0 saturated heterocycles. The van der Waals surface area contributed by atoms with Gasteiger partial charge in [0.2, 0.25) is 5.96 Å². The van der Waals surface area contributed by atoms with Crippen molar-refractivity contribution >= 4 is 12.0 Å². The molecule has 0 aromatic heterocycles. The van der Waals surface area contributed by atoms with Crippen LogP contribution in [0.15, 0.2) is 4.99 Å². The molecule has 13 heavy (non-hydrogen) atoms. The van der Waals surface area contributed by atoms with Gasteiger partial charge in [0.15, 0.2) is 0 Å². The predicted molar refractivity (Wildman–Crippen MR) is 53.9 cm³/mol. The molecule has 0 unspecified atom stereocenters. The first-order valence-electron chi connectivity index (χ1n) is 4.01. The van der Waals surface area contributed by atoms with Crippen molar-refractivity contribution in [1.82, 2.24) is 14.7 Å². The number of amides is 2. The van der Waals surface area contributed by atoms with E-state index < -0.39 is 0 Å². The summed E-state index contributed by atoms with van der Waals surface area (Å²) in [7, 11) is 10.7. The van der Waals surface area contributed by atoms with Gasteiger partial charge in [-0.3, -0.25) is 0 Å². The summed E-state index contributed by atoms with van der Waals surface area (Å²) in [4.78, 5) is 20.2. The van der Waals surface area contributed by atoms with Crippen molar-refractivity contribution in [2.24, 2.45) is 4.99 Å². The van der Waals surface area contributed by atoms with Gasteiger partial charge in [-0.2, -0.15) is 4.99 Å². The zero-order valence-corrected chi connectivity index (χ0v) is 9.20. The van der Waals surface area contributed by atoms with Gasteiger partial charge in [0.05, 0.1) is 0 Å².